The second kappa shape index (κ2) is 7.52. The number of carbonyl (C=O) groups excluding carboxylic acids is 1. The van der Waals surface area contributed by atoms with Crippen LogP contribution in [0.4, 0.5) is 0 Å². The number of hydrogen-bond acceptors (Lipinski definition) is 3. The van der Waals surface area contributed by atoms with Crippen molar-refractivity contribution in [1.82, 2.24) is 14.7 Å². The Labute approximate surface area is 154 Å². The van der Waals surface area contributed by atoms with E-state index >= 15 is 0 Å². The van der Waals surface area contributed by atoms with Gasteiger partial charge in [0.2, 0.25) is 0 Å². The molecule has 5 heteroatoms. The summed E-state index contributed by atoms with van der Waals surface area (Å²) >= 11 is 0. The monoisotopic (exact) mass is 353 g/mol. The van der Waals surface area contributed by atoms with Crippen molar-refractivity contribution in [1.29, 1.82) is 0 Å². The van der Waals surface area contributed by atoms with E-state index in [0.29, 0.717) is 12.6 Å². The largest absolute Gasteiger partial charge is 0.484 e. The molecule has 0 bridgehead atoms. The van der Waals surface area contributed by atoms with Crippen molar-refractivity contribution in [3.63, 3.8) is 0 Å². The van der Waals surface area contributed by atoms with Crippen molar-refractivity contribution in [2.24, 2.45) is 7.05 Å². The molecule has 138 valence electrons. The van der Waals surface area contributed by atoms with Crippen LogP contribution in [0.2, 0.25) is 0 Å². The topological polar surface area (TPSA) is 47.4 Å². The maximum Gasteiger partial charge on any atom is 0.261 e. The minimum absolute atomic E-state index is 0.0677. The molecule has 0 unspecified atom stereocenters. The Morgan fingerprint density at radius 1 is 1.19 bits per heavy atom. The van der Waals surface area contributed by atoms with Gasteiger partial charge in [-0.05, 0) is 49.8 Å². The number of para-hydroxylation sites is 1. The molecule has 0 saturated heterocycles. The van der Waals surface area contributed by atoms with E-state index in [1.807, 2.05) is 47.0 Å². The Morgan fingerprint density at radius 2 is 1.96 bits per heavy atom. The minimum atomic E-state index is 0.0677. The van der Waals surface area contributed by atoms with Crippen LogP contribution in [0.5, 0.6) is 5.75 Å². The number of ether oxygens (including phenoxy) is 1. The summed E-state index contributed by atoms with van der Waals surface area (Å²) in [5.74, 6) is 0.809. The Kier molecular flexibility index (Phi) is 4.96. The lowest BCUT2D eigenvalue weighted by Gasteiger charge is -2.28. The van der Waals surface area contributed by atoms with Gasteiger partial charge in [-0.2, -0.15) is 5.10 Å². The number of rotatable bonds is 6. The van der Waals surface area contributed by atoms with Gasteiger partial charge in [-0.15, -0.1) is 0 Å². The molecule has 0 aliphatic heterocycles. The molecule has 1 heterocycles. The van der Waals surface area contributed by atoms with Crippen LogP contribution in [-0.2, 0) is 31.2 Å². The molecule has 0 spiro atoms. The van der Waals surface area contributed by atoms with Crippen molar-refractivity contribution in [3.05, 3.63) is 47.3 Å². The van der Waals surface area contributed by atoms with Crippen LogP contribution < -0.4 is 4.74 Å². The summed E-state index contributed by atoms with van der Waals surface area (Å²) in [6, 6.07) is 9.89. The zero-order valence-corrected chi connectivity index (χ0v) is 15.5. The highest BCUT2D eigenvalue weighted by atomic mass is 16.5. The van der Waals surface area contributed by atoms with Crippen LogP contribution in [0.25, 0.3) is 0 Å². The SMILES string of the molecule is Cn1nc(CN(C(=O)COc2ccccc2)C2CCCC2)c2c1CCC2. The molecule has 4 rings (SSSR count). The lowest BCUT2D eigenvalue weighted by atomic mass is 10.1. The van der Waals surface area contributed by atoms with Gasteiger partial charge in [0.1, 0.15) is 5.75 Å². The van der Waals surface area contributed by atoms with Crippen molar-refractivity contribution in [2.45, 2.75) is 57.5 Å². The molecule has 0 N–H and O–H groups in total. The highest BCUT2D eigenvalue weighted by molar-refractivity contribution is 5.78. The highest BCUT2D eigenvalue weighted by Gasteiger charge is 2.30. The van der Waals surface area contributed by atoms with E-state index in [1.54, 1.807) is 0 Å². The first-order chi connectivity index (χ1) is 12.7. The minimum Gasteiger partial charge on any atom is -0.484 e. The zero-order chi connectivity index (χ0) is 17.9. The van der Waals surface area contributed by atoms with Gasteiger partial charge in [0.05, 0.1) is 12.2 Å². The quantitative estimate of drug-likeness (QED) is 0.801. The first-order valence-electron chi connectivity index (χ1n) is 9.73. The second-order valence-corrected chi connectivity index (χ2v) is 7.41. The van der Waals surface area contributed by atoms with Gasteiger partial charge >= 0.3 is 0 Å². The van der Waals surface area contributed by atoms with E-state index < -0.39 is 0 Å². The first-order valence-corrected chi connectivity index (χ1v) is 9.73. The average molecular weight is 353 g/mol. The number of nitrogens with zero attached hydrogens (tertiary/aromatic N) is 3. The summed E-state index contributed by atoms with van der Waals surface area (Å²) in [7, 11) is 2.02. The number of amides is 1. The fraction of sp³-hybridized carbons (Fsp3) is 0.524. The lowest BCUT2D eigenvalue weighted by Crippen LogP contribution is -2.41. The van der Waals surface area contributed by atoms with Crippen LogP contribution in [-0.4, -0.2) is 33.2 Å². The summed E-state index contributed by atoms with van der Waals surface area (Å²) in [5.41, 5.74) is 3.80. The third kappa shape index (κ3) is 3.48. The summed E-state index contributed by atoms with van der Waals surface area (Å²) in [5, 5.41) is 4.73. The molecular weight excluding hydrogens is 326 g/mol. The molecule has 5 nitrogen and oxygen atoms in total. The fourth-order valence-corrected chi connectivity index (χ4v) is 4.37. The molecule has 1 aromatic carbocycles. The van der Waals surface area contributed by atoms with Crippen molar-refractivity contribution in [2.75, 3.05) is 6.61 Å². The number of hydrogen-bond donors (Lipinski definition) is 0. The van der Waals surface area contributed by atoms with Gasteiger partial charge in [-0.1, -0.05) is 31.0 Å². The third-order valence-electron chi connectivity index (χ3n) is 5.71. The van der Waals surface area contributed by atoms with Gasteiger partial charge in [0.15, 0.2) is 6.61 Å². The van der Waals surface area contributed by atoms with E-state index in [2.05, 4.69) is 0 Å². The van der Waals surface area contributed by atoms with Crippen molar-refractivity contribution in [3.8, 4) is 5.75 Å². The average Bonchev–Trinajstić information content (AvgIpc) is 3.39. The molecule has 1 aromatic heterocycles. The Morgan fingerprint density at radius 3 is 2.73 bits per heavy atom. The number of fused-ring (bicyclic) bond motifs is 1. The fourth-order valence-electron chi connectivity index (χ4n) is 4.37. The molecule has 26 heavy (non-hydrogen) atoms. The van der Waals surface area contributed by atoms with Gasteiger partial charge in [-0.25, -0.2) is 0 Å². The standard InChI is InChI=1S/C21H27N3O2/c1-23-20-13-7-12-18(20)19(22-23)14-24(16-8-5-6-9-16)21(25)15-26-17-10-3-2-4-11-17/h2-4,10-11,16H,5-9,12-15H2,1H3. The first kappa shape index (κ1) is 17.1. The summed E-state index contributed by atoms with van der Waals surface area (Å²) < 4.78 is 7.74. The van der Waals surface area contributed by atoms with Crippen LogP contribution in [0.1, 0.15) is 49.1 Å². The van der Waals surface area contributed by atoms with Crippen molar-refractivity contribution < 1.29 is 9.53 Å². The normalized spacial score (nSPS) is 16.7. The molecule has 2 aliphatic carbocycles. The van der Waals surface area contributed by atoms with Gasteiger partial charge < -0.3 is 9.64 Å². The predicted molar refractivity (Wildman–Crippen MR) is 100.0 cm³/mol. The molecule has 2 aromatic rings. The highest BCUT2D eigenvalue weighted by Crippen LogP contribution is 2.29. The Balaban J connectivity index is 1.49. The van der Waals surface area contributed by atoms with Gasteiger partial charge in [-0.3, -0.25) is 9.48 Å². The van der Waals surface area contributed by atoms with Crippen LogP contribution in [0, 0.1) is 0 Å². The molecule has 1 saturated carbocycles. The maximum atomic E-state index is 13.0. The molecule has 0 radical (unpaired) electrons. The van der Waals surface area contributed by atoms with E-state index in [4.69, 9.17) is 9.84 Å². The Bertz CT molecular complexity index is 763. The number of aromatic nitrogens is 2. The van der Waals surface area contributed by atoms with Crippen molar-refractivity contribution >= 4 is 5.91 Å². The van der Waals surface area contributed by atoms with Crippen LogP contribution in [0.15, 0.2) is 30.3 Å². The molecular formula is C21H27N3O2. The summed E-state index contributed by atoms with van der Waals surface area (Å²) in [6.45, 7) is 0.709. The zero-order valence-electron chi connectivity index (χ0n) is 15.5. The second-order valence-electron chi connectivity index (χ2n) is 7.41. The van der Waals surface area contributed by atoms with E-state index in [1.165, 1.54) is 30.5 Å². The summed E-state index contributed by atoms with van der Waals surface area (Å²) in [4.78, 5) is 15.0. The van der Waals surface area contributed by atoms with E-state index in [-0.39, 0.29) is 12.5 Å². The molecule has 1 amide bonds. The van der Waals surface area contributed by atoms with E-state index in [0.717, 1.165) is 37.1 Å². The number of carbonyl (C=O) groups is 1. The summed E-state index contributed by atoms with van der Waals surface area (Å²) in [6.07, 6.45) is 7.97. The maximum absolute atomic E-state index is 13.0. The van der Waals surface area contributed by atoms with Gasteiger partial charge in [0, 0.05) is 18.8 Å². The van der Waals surface area contributed by atoms with E-state index in [9.17, 15) is 4.79 Å². The third-order valence-corrected chi connectivity index (χ3v) is 5.71. The Hall–Kier alpha value is -2.30. The van der Waals surface area contributed by atoms with Crippen LogP contribution in [0.3, 0.4) is 0 Å². The van der Waals surface area contributed by atoms with Crippen LogP contribution >= 0.6 is 0 Å². The molecule has 0 atom stereocenters. The molecule has 2 aliphatic rings. The molecule has 1 fully saturated rings. The number of aryl methyl sites for hydroxylation is 1. The van der Waals surface area contributed by atoms with Gasteiger partial charge in [0.25, 0.3) is 5.91 Å². The number of benzene rings is 1. The smallest absolute Gasteiger partial charge is 0.261 e. The predicted octanol–water partition coefficient (Wildman–Crippen LogP) is 3.26. The lowest BCUT2D eigenvalue weighted by molar-refractivity contribution is -0.136.